The summed E-state index contributed by atoms with van der Waals surface area (Å²) in [5.74, 6) is -0.130. The minimum Gasteiger partial charge on any atom is -0.487 e. The first kappa shape index (κ1) is 20.8. The van der Waals surface area contributed by atoms with Gasteiger partial charge in [-0.1, -0.05) is 30.3 Å². The number of hydrogen-bond donors (Lipinski definition) is 1. The molecule has 0 saturated heterocycles. The Balaban J connectivity index is 1.61. The molecule has 3 aromatic rings. The van der Waals surface area contributed by atoms with Gasteiger partial charge in [0.25, 0.3) is 0 Å². The number of aromatic nitrogens is 1. The Kier molecular flexibility index (Phi) is 6.95. The minimum atomic E-state index is -0.501. The van der Waals surface area contributed by atoms with Crippen LogP contribution in [0.5, 0.6) is 5.75 Å². The molecule has 0 unspecified atom stereocenters. The minimum absolute atomic E-state index is 0.314. The zero-order chi connectivity index (χ0) is 21.3. The van der Waals surface area contributed by atoms with E-state index in [1.54, 1.807) is 24.4 Å². The highest BCUT2D eigenvalue weighted by Crippen LogP contribution is 2.21. The SMILES string of the molecule is COC(=O)c1cccc(C)c1NC(=O)/C=C/c1ccc(OCc2ccccn2)cc1. The first-order valence-electron chi connectivity index (χ1n) is 9.36. The lowest BCUT2D eigenvalue weighted by atomic mass is 10.1. The highest BCUT2D eigenvalue weighted by molar-refractivity contribution is 6.07. The van der Waals surface area contributed by atoms with Crippen LogP contribution in [-0.2, 0) is 16.1 Å². The number of hydrogen-bond acceptors (Lipinski definition) is 5. The monoisotopic (exact) mass is 402 g/mol. The molecule has 152 valence electrons. The van der Waals surface area contributed by atoms with Gasteiger partial charge in [0.2, 0.25) is 5.91 Å². The maximum atomic E-state index is 12.3. The summed E-state index contributed by atoms with van der Waals surface area (Å²) >= 11 is 0. The summed E-state index contributed by atoms with van der Waals surface area (Å²) < 4.78 is 10.5. The first-order valence-corrected chi connectivity index (χ1v) is 9.36. The Morgan fingerprint density at radius 2 is 1.83 bits per heavy atom. The van der Waals surface area contributed by atoms with Crippen LogP contribution < -0.4 is 10.1 Å². The molecule has 0 spiro atoms. The lowest BCUT2D eigenvalue weighted by Gasteiger charge is -2.11. The van der Waals surface area contributed by atoms with Gasteiger partial charge >= 0.3 is 5.97 Å². The van der Waals surface area contributed by atoms with Crippen molar-refractivity contribution in [2.45, 2.75) is 13.5 Å². The van der Waals surface area contributed by atoms with Crippen LogP contribution in [-0.4, -0.2) is 24.0 Å². The van der Waals surface area contributed by atoms with Gasteiger partial charge in [-0.2, -0.15) is 0 Å². The number of amides is 1. The smallest absolute Gasteiger partial charge is 0.339 e. The molecular formula is C24H22N2O4. The number of nitrogens with zero attached hydrogens (tertiary/aromatic N) is 1. The lowest BCUT2D eigenvalue weighted by molar-refractivity contribution is -0.111. The summed E-state index contributed by atoms with van der Waals surface area (Å²) in [6.07, 6.45) is 4.83. The second kappa shape index (κ2) is 10.0. The third kappa shape index (κ3) is 5.54. The van der Waals surface area contributed by atoms with Crippen molar-refractivity contribution in [1.29, 1.82) is 0 Å². The van der Waals surface area contributed by atoms with E-state index in [9.17, 15) is 9.59 Å². The Morgan fingerprint density at radius 3 is 2.53 bits per heavy atom. The van der Waals surface area contributed by atoms with Gasteiger partial charge in [-0.3, -0.25) is 9.78 Å². The van der Waals surface area contributed by atoms with E-state index in [-0.39, 0.29) is 5.91 Å². The fraction of sp³-hybridized carbons (Fsp3) is 0.125. The first-order chi connectivity index (χ1) is 14.6. The normalized spacial score (nSPS) is 10.6. The molecule has 6 nitrogen and oxygen atoms in total. The van der Waals surface area contributed by atoms with Crippen molar-refractivity contribution < 1.29 is 19.1 Å². The zero-order valence-electron chi connectivity index (χ0n) is 16.8. The number of para-hydroxylation sites is 1. The van der Waals surface area contributed by atoms with Crippen LogP contribution in [0.25, 0.3) is 6.08 Å². The average molecular weight is 402 g/mol. The summed E-state index contributed by atoms with van der Waals surface area (Å²) in [5, 5.41) is 2.76. The van der Waals surface area contributed by atoms with E-state index < -0.39 is 5.97 Å². The average Bonchev–Trinajstić information content (AvgIpc) is 2.78. The number of carbonyl (C=O) groups is 2. The van der Waals surface area contributed by atoms with Crippen molar-refractivity contribution >= 4 is 23.6 Å². The van der Waals surface area contributed by atoms with Gasteiger partial charge in [0.05, 0.1) is 24.1 Å². The van der Waals surface area contributed by atoms with Crippen LogP contribution in [0.15, 0.2) is 72.9 Å². The van der Waals surface area contributed by atoms with E-state index >= 15 is 0 Å². The molecule has 1 heterocycles. The number of benzene rings is 2. The Hall–Kier alpha value is -3.93. The predicted octanol–water partition coefficient (Wildman–Crippen LogP) is 4.41. The summed E-state index contributed by atoms with van der Waals surface area (Å²) in [4.78, 5) is 28.5. The van der Waals surface area contributed by atoms with Crippen LogP contribution in [0.4, 0.5) is 5.69 Å². The van der Waals surface area contributed by atoms with E-state index in [2.05, 4.69) is 10.3 Å². The molecule has 0 aliphatic rings. The number of esters is 1. The topological polar surface area (TPSA) is 77.5 Å². The molecule has 0 fully saturated rings. The number of methoxy groups -OCH3 is 1. The fourth-order valence-corrected chi connectivity index (χ4v) is 2.77. The van der Waals surface area contributed by atoms with Gasteiger partial charge in [-0.25, -0.2) is 4.79 Å². The largest absolute Gasteiger partial charge is 0.487 e. The Bertz CT molecular complexity index is 1040. The third-order valence-corrected chi connectivity index (χ3v) is 4.35. The molecule has 0 bridgehead atoms. The van der Waals surface area contributed by atoms with Gasteiger partial charge in [-0.15, -0.1) is 0 Å². The van der Waals surface area contributed by atoms with Crippen molar-refractivity contribution in [1.82, 2.24) is 4.98 Å². The summed E-state index contributed by atoms with van der Waals surface area (Å²) in [5.41, 5.74) is 3.22. The molecule has 1 aromatic heterocycles. The number of carbonyl (C=O) groups excluding carboxylic acids is 2. The number of anilines is 1. The van der Waals surface area contributed by atoms with Gasteiger partial charge in [-0.05, 0) is 54.5 Å². The number of aryl methyl sites for hydroxylation is 1. The molecule has 0 atom stereocenters. The highest BCUT2D eigenvalue weighted by atomic mass is 16.5. The van der Waals surface area contributed by atoms with Crippen molar-refractivity contribution in [2.24, 2.45) is 0 Å². The quantitative estimate of drug-likeness (QED) is 0.468. The van der Waals surface area contributed by atoms with Crippen LogP contribution in [0.3, 0.4) is 0 Å². The van der Waals surface area contributed by atoms with Crippen molar-refractivity contribution in [2.75, 3.05) is 12.4 Å². The number of rotatable bonds is 7. The molecule has 0 saturated carbocycles. The summed E-state index contributed by atoms with van der Waals surface area (Å²) in [7, 11) is 1.31. The number of pyridine rings is 1. The van der Waals surface area contributed by atoms with Crippen molar-refractivity contribution in [3.05, 3.63) is 95.3 Å². The van der Waals surface area contributed by atoms with Crippen LogP contribution in [0.2, 0.25) is 0 Å². The Morgan fingerprint density at radius 1 is 1.03 bits per heavy atom. The number of nitrogens with one attached hydrogen (secondary N) is 1. The van der Waals surface area contributed by atoms with Crippen LogP contribution in [0, 0.1) is 6.92 Å². The maximum absolute atomic E-state index is 12.3. The van der Waals surface area contributed by atoms with Crippen molar-refractivity contribution in [3.63, 3.8) is 0 Å². The summed E-state index contributed by atoms with van der Waals surface area (Å²) in [6, 6.07) is 18.2. The van der Waals surface area contributed by atoms with Crippen LogP contribution >= 0.6 is 0 Å². The standard InChI is InChI=1S/C24H22N2O4/c1-17-6-5-8-21(24(28)29-2)23(17)26-22(27)14-11-18-9-12-20(13-10-18)30-16-19-7-3-4-15-25-19/h3-15H,16H2,1-2H3,(H,26,27)/b14-11+. The van der Waals surface area contributed by atoms with E-state index in [1.807, 2.05) is 55.5 Å². The molecule has 6 heteroatoms. The molecule has 0 radical (unpaired) electrons. The maximum Gasteiger partial charge on any atom is 0.339 e. The molecule has 0 aliphatic carbocycles. The molecule has 2 aromatic carbocycles. The van der Waals surface area contributed by atoms with Gasteiger partial charge in [0.15, 0.2) is 0 Å². The summed E-state index contributed by atoms with van der Waals surface area (Å²) in [6.45, 7) is 2.20. The molecule has 0 aliphatic heterocycles. The molecule has 3 rings (SSSR count). The molecule has 1 N–H and O–H groups in total. The van der Waals surface area contributed by atoms with Gasteiger partial charge in [0, 0.05) is 12.3 Å². The van der Waals surface area contributed by atoms with Gasteiger partial charge in [0.1, 0.15) is 12.4 Å². The predicted molar refractivity (Wildman–Crippen MR) is 115 cm³/mol. The van der Waals surface area contributed by atoms with E-state index in [1.165, 1.54) is 13.2 Å². The van der Waals surface area contributed by atoms with E-state index in [0.29, 0.717) is 23.6 Å². The second-order valence-electron chi connectivity index (χ2n) is 6.49. The second-order valence-corrected chi connectivity index (χ2v) is 6.49. The zero-order valence-corrected chi connectivity index (χ0v) is 16.8. The molecular weight excluding hydrogens is 380 g/mol. The fourth-order valence-electron chi connectivity index (χ4n) is 2.77. The third-order valence-electron chi connectivity index (χ3n) is 4.35. The molecule has 30 heavy (non-hydrogen) atoms. The molecule has 1 amide bonds. The highest BCUT2D eigenvalue weighted by Gasteiger charge is 2.14. The lowest BCUT2D eigenvalue weighted by Crippen LogP contribution is -2.14. The number of ether oxygens (including phenoxy) is 2. The van der Waals surface area contributed by atoms with E-state index in [0.717, 1.165) is 16.8 Å². The van der Waals surface area contributed by atoms with E-state index in [4.69, 9.17) is 9.47 Å². The Labute approximate surface area is 175 Å². The van der Waals surface area contributed by atoms with Crippen LogP contribution in [0.1, 0.15) is 27.2 Å². The van der Waals surface area contributed by atoms with Gasteiger partial charge < -0.3 is 14.8 Å². The van der Waals surface area contributed by atoms with Crippen molar-refractivity contribution in [3.8, 4) is 5.75 Å².